The van der Waals surface area contributed by atoms with Gasteiger partial charge in [-0.25, -0.2) is 19.9 Å². The molecular weight excluding hydrogens is 244 g/mol. The molecule has 0 fully saturated rings. The Morgan fingerprint density at radius 2 is 2.16 bits per heavy atom. The zero-order valence-corrected chi connectivity index (χ0v) is 10.7. The van der Waals surface area contributed by atoms with Crippen LogP contribution in [0.4, 0.5) is 11.8 Å². The summed E-state index contributed by atoms with van der Waals surface area (Å²) in [5.74, 6) is 2.16. The molecule has 1 atom stereocenters. The van der Waals surface area contributed by atoms with Crippen LogP contribution in [0.1, 0.15) is 12.6 Å². The summed E-state index contributed by atoms with van der Waals surface area (Å²) in [5.41, 5.74) is 7.05. The minimum atomic E-state index is 0.221. The monoisotopic (exact) mass is 258 g/mol. The van der Waals surface area contributed by atoms with Crippen LogP contribution >= 0.6 is 0 Å². The van der Waals surface area contributed by atoms with E-state index in [2.05, 4.69) is 25.3 Å². The van der Waals surface area contributed by atoms with Crippen LogP contribution in [-0.2, 0) is 0 Å². The number of ether oxygens (including phenoxy) is 1. The van der Waals surface area contributed by atoms with Crippen molar-refractivity contribution in [3.05, 3.63) is 18.1 Å². The van der Waals surface area contributed by atoms with Crippen molar-refractivity contribution in [3.63, 3.8) is 0 Å². The van der Waals surface area contributed by atoms with Crippen LogP contribution in [0.25, 0.3) is 11.4 Å². The predicted octanol–water partition coefficient (Wildman–Crippen LogP) is 1.02. The van der Waals surface area contributed by atoms with Gasteiger partial charge in [0.25, 0.3) is 0 Å². The maximum Gasteiger partial charge on any atom is 0.220 e. The Kier molecular flexibility index (Phi) is 2.66. The number of nitrogen functional groups attached to an aromatic ring is 1. The van der Waals surface area contributed by atoms with Crippen molar-refractivity contribution in [1.82, 2.24) is 19.9 Å². The molecule has 1 aliphatic heterocycles. The highest BCUT2D eigenvalue weighted by molar-refractivity contribution is 5.62. The number of rotatable bonds is 1. The summed E-state index contributed by atoms with van der Waals surface area (Å²) in [6.07, 6.45) is 3.29. The number of fused-ring (bicyclic) bond motifs is 1. The average Bonchev–Trinajstić information content (AvgIpc) is 2.38. The fourth-order valence-electron chi connectivity index (χ4n) is 1.90. The number of aromatic nitrogens is 4. The Hall–Kier alpha value is -2.44. The van der Waals surface area contributed by atoms with Crippen LogP contribution in [0.2, 0.25) is 0 Å². The molecule has 0 amide bonds. The minimum absolute atomic E-state index is 0.221. The van der Waals surface area contributed by atoms with Crippen molar-refractivity contribution in [2.45, 2.75) is 19.9 Å². The number of hydrogen-bond donors (Lipinski definition) is 2. The summed E-state index contributed by atoms with van der Waals surface area (Å²) in [6, 6.07) is 0.221. The van der Waals surface area contributed by atoms with Gasteiger partial charge in [-0.05, 0) is 13.8 Å². The Balaban J connectivity index is 2.04. The molecule has 1 aliphatic rings. The fourth-order valence-corrected chi connectivity index (χ4v) is 1.90. The molecule has 3 N–H and O–H groups in total. The SMILES string of the molecule is Cc1nc(N)ncc1-c1ncc2c(n1)NC(C)CO2. The first-order valence-corrected chi connectivity index (χ1v) is 5.99. The van der Waals surface area contributed by atoms with E-state index in [0.717, 1.165) is 11.3 Å². The Morgan fingerprint density at radius 1 is 1.32 bits per heavy atom. The molecule has 0 bridgehead atoms. The highest BCUT2D eigenvalue weighted by Gasteiger charge is 2.18. The summed E-state index contributed by atoms with van der Waals surface area (Å²) < 4.78 is 5.54. The summed E-state index contributed by atoms with van der Waals surface area (Å²) in [6.45, 7) is 4.49. The second kappa shape index (κ2) is 4.34. The van der Waals surface area contributed by atoms with Crippen molar-refractivity contribution in [3.8, 4) is 17.1 Å². The lowest BCUT2D eigenvalue weighted by molar-refractivity contribution is 0.288. The first-order valence-electron chi connectivity index (χ1n) is 5.99. The molecule has 7 nitrogen and oxygen atoms in total. The van der Waals surface area contributed by atoms with E-state index < -0.39 is 0 Å². The number of nitrogens with one attached hydrogen (secondary N) is 1. The molecule has 0 aromatic carbocycles. The summed E-state index contributed by atoms with van der Waals surface area (Å²) in [7, 11) is 0. The van der Waals surface area contributed by atoms with E-state index in [-0.39, 0.29) is 12.0 Å². The van der Waals surface area contributed by atoms with E-state index in [1.807, 2.05) is 13.8 Å². The van der Waals surface area contributed by atoms with Crippen molar-refractivity contribution in [1.29, 1.82) is 0 Å². The standard InChI is InChI=1S/C12H14N6O/c1-6-5-19-9-4-14-10(18-11(9)16-6)8-3-15-12(13)17-7(8)2/h3-4,6H,5H2,1-2H3,(H2,13,15,17)(H,14,16,18). The molecule has 0 spiro atoms. The number of aryl methyl sites for hydroxylation is 1. The van der Waals surface area contributed by atoms with Gasteiger partial charge in [-0.15, -0.1) is 0 Å². The summed E-state index contributed by atoms with van der Waals surface area (Å²) in [5, 5.41) is 3.26. The molecule has 3 heterocycles. The molecule has 0 saturated heterocycles. The van der Waals surface area contributed by atoms with Crippen LogP contribution in [-0.4, -0.2) is 32.6 Å². The molecule has 19 heavy (non-hydrogen) atoms. The smallest absolute Gasteiger partial charge is 0.220 e. The maximum atomic E-state index is 5.54. The number of hydrogen-bond acceptors (Lipinski definition) is 7. The zero-order chi connectivity index (χ0) is 13.4. The van der Waals surface area contributed by atoms with E-state index in [1.165, 1.54) is 0 Å². The summed E-state index contributed by atoms with van der Waals surface area (Å²) >= 11 is 0. The normalized spacial score (nSPS) is 17.3. The van der Waals surface area contributed by atoms with E-state index in [9.17, 15) is 0 Å². The molecule has 2 aromatic heterocycles. The van der Waals surface area contributed by atoms with Gasteiger partial charge in [0, 0.05) is 6.20 Å². The van der Waals surface area contributed by atoms with Crippen molar-refractivity contribution < 1.29 is 4.74 Å². The lowest BCUT2D eigenvalue weighted by atomic mass is 10.2. The summed E-state index contributed by atoms with van der Waals surface area (Å²) in [4.78, 5) is 16.8. The van der Waals surface area contributed by atoms with Gasteiger partial charge in [-0.2, -0.15) is 0 Å². The largest absolute Gasteiger partial charge is 0.486 e. The molecule has 0 saturated carbocycles. The van der Waals surface area contributed by atoms with Crippen LogP contribution in [0.5, 0.6) is 5.75 Å². The number of nitrogens with zero attached hydrogens (tertiary/aromatic N) is 4. The number of nitrogens with two attached hydrogens (primary N) is 1. The van der Waals surface area contributed by atoms with Crippen LogP contribution in [0, 0.1) is 6.92 Å². The first kappa shape index (κ1) is 11.6. The fraction of sp³-hybridized carbons (Fsp3) is 0.333. The molecule has 2 aromatic rings. The van der Waals surface area contributed by atoms with E-state index in [4.69, 9.17) is 10.5 Å². The minimum Gasteiger partial charge on any atom is -0.486 e. The molecule has 1 unspecified atom stereocenters. The van der Waals surface area contributed by atoms with Gasteiger partial charge in [0.15, 0.2) is 17.4 Å². The Morgan fingerprint density at radius 3 is 2.95 bits per heavy atom. The third-order valence-corrected chi connectivity index (χ3v) is 2.87. The van der Waals surface area contributed by atoms with Crippen molar-refractivity contribution in [2.75, 3.05) is 17.7 Å². The van der Waals surface area contributed by atoms with Gasteiger partial charge in [0.05, 0.1) is 23.5 Å². The highest BCUT2D eigenvalue weighted by Crippen LogP contribution is 2.28. The molecule has 0 aliphatic carbocycles. The highest BCUT2D eigenvalue weighted by atomic mass is 16.5. The predicted molar refractivity (Wildman–Crippen MR) is 70.8 cm³/mol. The third-order valence-electron chi connectivity index (χ3n) is 2.87. The topological polar surface area (TPSA) is 98.8 Å². The second-order valence-corrected chi connectivity index (χ2v) is 4.49. The third kappa shape index (κ3) is 2.14. The molecule has 3 rings (SSSR count). The second-order valence-electron chi connectivity index (χ2n) is 4.49. The van der Waals surface area contributed by atoms with Gasteiger partial charge >= 0.3 is 0 Å². The van der Waals surface area contributed by atoms with Crippen LogP contribution in [0.15, 0.2) is 12.4 Å². The van der Waals surface area contributed by atoms with E-state index >= 15 is 0 Å². The van der Waals surface area contributed by atoms with Gasteiger partial charge < -0.3 is 15.8 Å². The zero-order valence-electron chi connectivity index (χ0n) is 10.7. The van der Waals surface area contributed by atoms with Crippen molar-refractivity contribution in [2.24, 2.45) is 0 Å². The maximum absolute atomic E-state index is 5.54. The van der Waals surface area contributed by atoms with Crippen LogP contribution in [0.3, 0.4) is 0 Å². The van der Waals surface area contributed by atoms with Gasteiger partial charge in [0.1, 0.15) is 6.61 Å². The van der Waals surface area contributed by atoms with Crippen molar-refractivity contribution >= 4 is 11.8 Å². The Bertz CT molecular complexity index is 630. The first-order chi connectivity index (χ1) is 9.13. The van der Waals surface area contributed by atoms with Gasteiger partial charge in [0.2, 0.25) is 5.95 Å². The van der Waals surface area contributed by atoms with Gasteiger partial charge in [-0.3, -0.25) is 0 Å². The number of anilines is 2. The molecular formula is C12H14N6O. The molecule has 98 valence electrons. The average molecular weight is 258 g/mol. The molecule has 7 heteroatoms. The Labute approximate surface area is 110 Å². The lowest BCUT2D eigenvalue weighted by Gasteiger charge is -2.23. The van der Waals surface area contributed by atoms with Gasteiger partial charge in [-0.1, -0.05) is 0 Å². The van der Waals surface area contributed by atoms with E-state index in [0.29, 0.717) is 24.0 Å². The molecule has 0 radical (unpaired) electrons. The van der Waals surface area contributed by atoms with E-state index in [1.54, 1.807) is 12.4 Å². The van der Waals surface area contributed by atoms with Crippen LogP contribution < -0.4 is 15.8 Å². The quantitative estimate of drug-likeness (QED) is 0.787. The lowest BCUT2D eigenvalue weighted by Crippen LogP contribution is -2.29.